The summed E-state index contributed by atoms with van der Waals surface area (Å²) in [6.07, 6.45) is 1.66. The lowest BCUT2D eigenvalue weighted by molar-refractivity contribution is 0.299. The molecule has 0 fully saturated rings. The fourth-order valence-electron chi connectivity index (χ4n) is 5.46. The third kappa shape index (κ3) is 2.38. The first kappa shape index (κ1) is 16.8. The summed E-state index contributed by atoms with van der Waals surface area (Å²) in [5.74, 6) is 0.234. The van der Waals surface area contributed by atoms with Crippen LogP contribution in [0.25, 0.3) is 22.3 Å². The second-order valence-electron chi connectivity index (χ2n) is 8.07. The van der Waals surface area contributed by atoms with E-state index >= 15 is 0 Å². The SMILES string of the molecule is OCCc1c(C2c3ccccc3-c3ccccc32)ccc2c1Cc1ccccc1-2. The van der Waals surface area contributed by atoms with Crippen LogP contribution in [0, 0.1) is 0 Å². The Morgan fingerprint density at radius 1 is 0.621 bits per heavy atom. The molecule has 2 aliphatic carbocycles. The highest BCUT2D eigenvalue weighted by atomic mass is 16.2. The molecule has 0 radical (unpaired) electrons. The van der Waals surface area contributed by atoms with Gasteiger partial charge in [-0.1, -0.05) is 84.9 Å². The number of rotatable bonds is 3. The van der Waals surface area contributed by atoms with Crippen LogP contribution in [0.1, 0.15) is 39.3 Å². The van der Waals surface area contributed by atoms with E-state index in [0.717, 1.165) is 6.42 Å². The summed E-state index contributed by atoms with van der Waals surface area (Å²) in [6.45, 7) is 0.176. The van der Waals surface area contributed by atoms with Crippen molar-refractivity contribution in [3.05, 3.63) is 118 Å². The van der Waals surface area contributed by atoms with Gasteiger partial charge >= 0.3 is 0 Å². The molecule has 0 aromatic heterocycles. The summed E-state index contributed by atoms with van der Waals surface area (Å²) < 4.78 is 0. The fourth-order valence-corrected chi connectivity index (χ4v) is 5.46. The molecule has 6 rings (SSSR count). The van der Waals surface area contributed by atoms with Gasteiger partial charge in [-0.05, 0) is 68.5 Å². The molecular weight excluding hydrogens is 352 g/mol. The predicted molar refractivity (Wildman–Crippen MR) is 118 cm³/mol. The summed E-state index contributed by atoms with van der Waals surface area (Å²) in [5.41, 5.74) is 13.6. The molecule has 1 heteroatoms. The van der Waals surface area contributed by atoms with Crippen molar-refractivity contribution in [3.8, 4) is 22.3 Å². The van der Waals surface area contributed by atoms with Crippen molar-refractivity contribution >= 4 is 0 Å². The van der Waals surface area contributed by atoms with E-state index in [2.05, 4.69) is 84.9 Å². The average Bonchev–Trinajstić information content (AvgIpc) is 3.31. The molecule has 1 nitrogen and oxygen atoms in total. The number of aliphatic hydroxyl groups excluding tert-OH is 1. The average molecular weight is 374 g/mol. The van der Waals surface area contributed by atoms with Crippen molar-refractivity contribution < 1.29 is 5.11 Å². The minimum atomic E-state index is 0.176. The zero-order valence-corrected chi connectivity index (χ0v) is 16.2. The number of hydrogen-bond donors (Lipinski definition) is 1. The molecule has 0 amide bonds. The first-order valence-corrected chi connectivity index (χ1v) is 10.4. The molecule has 1 N–H and O–H groups in total. The van der Waals surface area contributed by atoms with Crippen LogP contribution in [0.5, 0.6) is 0 Å². The van der Waals surface area contributed by atoms with E-state index in [-0.39, 0.29) is 12.5 Å². The summed E-state index contributed by atoms with van der Waals surface area (Å²) >= 11 is 0. The maximum atomic E-state index is 9.93. The Labute approximate surface area is 171 Å². The summed E-state index contributed by atoms with van der Waals surface area (Å²) in [5, 5.41) is 9.93. The lowest BCUT2D eigenvalue weighted by Crippen LogP contribution is -2.08. The molecule has 0 spiro atoms. The van der Waals surface area contributed by atoms with Crippen LogP contribution in [0.2, 0.25) is 0 Å². The van der Waals surface area contributed by atoms with Crippen LogP contribution >= 0.6 is 0 Å². The van der Waals surface area contributed by atoms with Gasteiger partial charge in [0.05, 0.1) is 0 Å². The molecule has 0 saturated carbocycles. The molecule has 140 valence electrons. The first-order chi connectivity index (χ1) is 14.4. The number of aliphatic hydroxyl groups is 1. The summed E-state index contributed by atoms with van der Waals surface area (Å²) in [7, 11) is 0. The number of hydrogen-bond acceptors (Lipinski definition) is 1. The Morgan fingerprint density at radius 2 is 1.24 bits per heavy atom. The Balaban J connectivity index is 1.60. The quantitative estimate of drug-likeness (QED) is 0.406. The highest BCUT2D eigenvalue weighted by Crippen LogP contribution is 2.50. The van der Waals surface area contributed by atoms with Crippen LogP contribution in [0.3, 0.4) is 0 Å². The Kier molecular flexibility index (Phi) is 3.72. The van der Waals surface area contributed by atoms with Gasteiger partial charge in [0, 0.05) is 12.5 Å². The van der Waals surface area contributed by atoms with E-state index in [1.807, 2.05) is 0 Å². The maximum Gasteiger partial charge on any atom is 0.0471 e. The first-order valence-electron chi connectivity index (χ1n) is 10.4. The van der Waals surface area contributed by atoms with Crippen LogP contribution in [-0.4, -0.2) is 11.7 Å². The molecule has 0 bridgehead atoms. The molecule has 4 aromatic carbocycles. The van der Waals surface area contributed by atoms with Crippen molar-refractivity contribution in [1.82, 2.24) is 0 Å². The molecule has 0 atom stereocenters. The van der Waals surface area contributed by atoms with Crippen LogP contribution in [-0.2, 0) is 12.8 Å². The summed E-state index contributed by atoms with van der Waals surface area (Å²) in [4.78, 5) is 0. The Morgan fingerprint density at radius 3 is 1.93 bits per heavy atom. The maximum absolute atomic E-state index is 9.93. The van der Waals surface area contributed by atoms with Gasteiger partial charge in [-0.15, -0.1) is 0 Å². The van der Waals surface area contributed by atoms with Gasteiger partial charge in [0.1, 0.15) is 0 Å². The molecule has 0 aliphatic heterocycles. The van der Waals surface area contributed by atoms with Gasteiger partial charge < -0.3 is 5.11 Å². The van der Waals surface area contributed by atoms with E-state index in [4.69, 9.17) is 0 Å². The van der Waals surface area contributed by atoms with Gasteiger partial charge in [0.2, 0.25) is 0 Å². The molecule has 0 heterocycles. The lowest BCUT2D eigenvalue weighted by Gasteiger charge is -2.21. The minimum Gasteiger partial charge on any atom is -0.396 e. The molecule has 4 aromatic rings. The third-order valence-corrected chi connectivity index (χ3v) is 6.65. The molecule has 0 saturated heterocycles. The number of fused-ring (bicyclic) bond motifs is 6. The van der Waals surface area contributed by atoms with Gasteiger partial charge in [-0.2, -0.15) is 0 Å². The van der Waals surface area contributed by atoms with Gasteiger partial charge in [-0.3, -0.25) is 0 Å². The standard InChI is InChI=1S/C28H22O/c29-16-15-23-26(14-13-22-19-8-2-1-7-18(19)17-27(22)23)28-24-11-5-3-9-20(24)21-10-4-6-12-25(21)28/h1-14,28-29H,15-17H2. The second kappa shape index (κ2) is 6.43. The van der Waals surface area contributed by atoms with Crippen LogP contribution < -0.4 is 0 Å². The largest absolute Gasteiger partial charge is 0.396 e. The van der Waals surface area contributed by atoms with Gasteiger partial charge in [0.25, 0.3) is 0 Å². The Hall–Kier alpha value is -3.16. The molecular formula is C28H22O. The number of benzene rings is 4. The van der Waals surface area contributed by atoms with Crippen molar-refractivity contribution in [2.45, 2.75) is 18.8 Å². The smallest absolute Gasteiger partial charge is 0.0471 e. The van der Waals surface area contributed by atoms with Crippen LogP contribution in [0.4, 0.5) is 0 Å². The van der Waals surface area contributed by atoms with Crippen LogP contribution in [0.15, 0.2) is 84.9 Å². The van der Waals surface area contributed by atoms with E-state index < -0.39 is 0 Å². The third-order valence-electron chi connectivity index (χ3n) is 6.65. The van der Waals surface area contributed by atoms with E-state index in [1.54, 1.807) is 0 Å². The minimum absolute atomic E-state index is 0.176. The van der Waals surface area contributed by atoms with Crippen molar-refractivity contribution in [2.24, 2.45) is 0 Å². The van der Waals surface area contributed by atoms with Crippen molar-refractivity contribution in [3.63, 3.8) is 0 Å². The normalized spacial score (nSPS) is 13.7. The monoisotopic (exact) mass is 374 g/mol. The molecule has 2 aliphatic rings. The summed E-state index contributed by atoms with van der Waals surface area (Å²) in [6, 6.07) is 30.9. The fraction of sp³-hybridized carbons (Fsp3) is 0.143. The highest BCUT2D eigenvalue weighted by Gasteiger charge is 2.32. The molecule has 0 unspecified atom stereocenters. The van der Waals surface area contributed by atoms with Gasteiger partial charge in [0.15, 0.2) is 0 Å². The van der Waals surface area contributed by atoms with E-state index in [0.29, 0.717) is 6.42 Å². The van der Waals surface area contributed by atoms with Crippen molar-refractivity contribution in [1.29, 1.82) is 0 Å². The second-order valence-corrected chi connectivity index (χ2v) is 8.07. The predicted octanol–water partition coefficient (Wildman–Crippen LogP) is 5.95. The lowest BCUT2D eigenvalue weighted by atomic mass is 9.82. The highest BCUT2D eigenvalue weighted by molar-refractivity contribution is 5.83. The van der Waals surface area contributed by atoms with Crippen molar-refractivity contribution in [2.75, 3.05) is 6.61 Å². The topological polar surface area (TPSA) is 20.2 Å². The Bertz CT molecular complexity index is 1210. The van der Waals surface area contributed by atoms with Gasteiger partial charge in [-0.25, -0.2) is 0 Å². The molecule has 29 heavy (non-hydrogen) atoms. The van der Waals surface area contributed by atoms with E-state index in [9.17, 15) is 5.11 Å². The zero-order chi connectivity index (χ0) is 19.4. The zero-order valence-electron chi connectivity index (χ0n) is 16.2. The van der Waals surface area contributed by atoms with E-state index in [1.165, 1.54) is 55.6 Å².